The van der Waals surface area contributed by atoms with Gasteiger partial charge in [-0.25, -0.2) is 4.79 Å². The summed E-state index contributed by atoms with van der Waals surface area (Å²) in [4.78, 5) is 63.1. The molecule has 0 aromatic rings. The van der Waals surface area contributed by atoms with E-state index in [4.69, 9.17) is 30.6 Å². The number of aliphatic carboxylic acids is 2. The van der Waals surface area contributed by atoms with E-state index in [-0.39, 0.29) is 69.6 Å². The molecule has 0 aromatic carbocycles. The number of rotatable bonds is 13. The number of hydrogen-bond acceptors (Lipinski definition) is 13. The van der Waals surface area contributed by atoms with E-state index in [2.05, 4.69) is 16.0 Å². The molecule has 4 saturated heterocycles. The number of halogens is 1. The topological polar surface area (TPSA) is 285 Å². The van der Waals surface area contributed by atoms with E-state index in [1.54, 1.807) is 20.8 Å². The van der Waals surface area contributed by atoms with Gasteiger partial charge in [-0.1, -0.05) is 12.8 Å². The average Bonchev–Trinajstić information content (AvgIpc) is 3.70. The van der Waals surface area contributed by atoms with Gasteiger partial charge < -0.3 is 55.9 Å². The summed E-state index contributed by atoms with van der Waals surface area (Å²) < 4.78 is 5.10. The first-order valence-corrected chi connectivity index (χ1v) is 16.7. The summed E-state index contributed by atoms with van der Waals surface area (Å²) in [5.74, 6) is -2.63. The van der Waals surface area contributed by atoms with Crippen molar-refractivity contribution in [3.8, 4) is 0 Å². The minimum atomic E-state index is -1.44. The van der Waals surface area contributed by atoms with Crippen LogP contribution >= 0.6 is 12.4 Å². The second-order valence-electron chi connectivity index (χ2n) is 14.6. The second kappa shape index (κ2) is 17.2. The number of alkyl carbamates (subject to hydrolysis) is 1. The second-order valence-corrected chi connectivity index (χ2v) is 14.6. The van der Waals surface area contributed by atoms with Gasteiger partial charge in [-0.2, -0.15) is 0 Å². The fourth-order valence-electron chi connectivity index (χ4n) is 8.00. The van der Waals surface area contributed by atoms with Crippen molar-refractivity contribution in [3.63, 3.8) is 0 Å². The lowest BCUT2D eigenvalue weighted by atomic mass is 9.68. The molecule has 0 bridgehead atoms. The molecule has 50 heavy (non-hydrogen) atoms. The molecule has 4 heterocycles. The third kappa shape index (κ3) is 9.39. The zero-order valence-electron chi connectivity index (χ0n) is 29.0. The van der Waals surface area contributed by atoms with Crippen LogP contribution < -0.4 is 21.7 Å². The van der Waals surface area contributed by atoms with E-state index in [1.807, 2.05) is 0 Å². The Kier molecular flexibility index (Phi) is 15.0. The molecule has 0 aromatic heterocycles. The predicted octanol–water partition coefficient (Wildman–Crippen LogP) is -2.33. The fraction of sp³-hybridized carbons (Fsp3) is 0.828. The quantitative estimate of drug-likeness (QED) is 0.0889. The Bertz CT molecular complexity index is 1250. The van der Waals surface area contributed by atoms with Gasteiger partial charge in [0.25, 0.3) is 0 Å². The number of nitrogens with two attached hydrogens (primary N) is 1. The lowest BCUT2D eigenvalue weighted by Gasteiger charge is -2.35. The standard InChI is InChI=1S/C17H30BN3O7.C12H22BN3O5.ClH/c1-15(2,3)28-14(25)19-9-12(22)21-10-16(5-4-7-18(26)27)6-8-20-17(16,11-21)13(23)24;14-6-9(17)16-7-11(2-1-4-13(20)21)3-5-15-12(11,8-16)10(18)19;/h20,26-27H,4-11H2,1-3H3,(H,19,25)(H,23,24);15,20-21H,1-8,14H2,(H,18,19);1H/t16-,17-;11-,12-;/m11./s1. The van der Waals surface area contributed by atoms with E-state index in [0.29, 0.717) is 58.2 Å². The third-order valence-electron chi connectivity index (χ3n) is 10.3. The molecule has 4 atom stereocenters. The first-order valence-electron chi connectivity index (χ1n) is 16.7. The number of nitrogens with one attached hydrogen (secondary N) is 3. The molecule has 4 aliphatic heterocycles. The Morgan fingerprint density at radius 3 is 1.56 bits per heavy atom. The van der Waals surface area contributed by atoms with Crippen LogP contribution in [0.2, 0.25) is 12.6 Å². The van der Waals surface area contributed by atoms with Crippen LogP contribution in [0.3, 0.4) is 0 Å². The lowest BCUT2D eigenvalue weighted by molar-refractivity contribution is -0.148. The van der Waals surface area contributed by atoms with E-state index in [1.165, 1.54) is 9.80 Å². The molecule has 284 valence electrons. The van der Waals surface area contributed by atoms with Crippen molar-refractivity contribution in [2.45, 2.75) is 88.6 Å². The average molecular weight is 735 g/mol. The van der Waals surface area contributed by atoms with Crippen LogP contribution in [0, 0.1) is 10.8 Å². The normalized spacial score (nSPS) is 28.1. The smallest absolute Gasteiger partial charge is 0.451 e. The first-order chi connectivity index (χ1) is 22.8. The maximum absolute atomic E-state index is 12.6. The van der Waals surface area contributed by atoms with Crippen LogP contribution in [0.5, 0.6) is 0 Å². The van der Waals surface area contributed by atoms with Gasteiger partial charge >= 0.3 is 32.3 Å². The highest BCUT2D eigenvalue weighted by Gasteiger charge is 2.66. The summed E-state index contributed by atoms with van der Waals surface area (Å²) in [5, 5.41) is 64.2. The maximum Gasteiger partial charge on any atom is 0.451 e. The number of carboxylic acids is 2. The molecule has 0 spiro atoms. The summed E-state index contributed by atoms with van der Waals surface area (Å²) >= 11 is 0. The van der Waals surface area contributed by atoms with Crippen LogP contribution in [0.4, 0.5) is 4.79 Å². The number of hydrogen-bond donors (Lipinski definition) is 10. The van der Waals surface area contributed by atoms with Gasteiger partial charge in [-0.05, 0) is 72.2 Å². The zero-order valence-corrected chi connectivity index (χ0v) is 29.8. The van der Waals surface area contributed by atoms with Crippen LogP contribution in [0.25, 0.3) is 0 Å². The van der Waals surface area contributed by atoms with Gasteiger partial charge in [0, 0.05) is 23.9 Å². The molecule has 0 saturated carbocycles. The molecular weight excluding hydrogens is 681 g/mol. The summed E-state index contributed by atoms with van der Waals surface area (Å²) in [6, 6.07) is 0. The van der Waals surface area contributed by atoms with E-state index in [9.17, 15) is 34.2 Å². The Balaban J connectivity index is 0.000000353. The number of carbonyl (C=O) groups excluding carboxylic acids is 3. The first kappa shape index (κ1) is 43.5. The minimum Gasteiger partial charge on any atom is -0.480 e. The summed E-state index contributed by atoms with van der Waals surface area (Å²) in [7, 11) is -2.83. The van der Waals surface area contributed by atoms with Crippen LogP contribution in [-0.2, 0) is 23.9 Å². The molecule has 4 fully saturated rings. The predicted molar refractivity (Wildman–Crippen MR) is 183 cm³/mol. The Hall–Kier alpha value is -2.71. The van der Waals surface area contributed by atoms with E-state index in [0.717, 1.165) is 0 Å². The van der Waals surface area contributed by atoms with Crippen molar-refractivity contribution >= 4 is 56.5 Å². The van der Waals surface area contributed by atoms with Crippen molar-refractivity contribution < 1.29 is 59.0 Å². The van der Waals surface area contributed by atoms with Crippen molar-refractivity contribution in [2.24, 2.45) is 16.6 Å². The lowest BCUT2D eigenvalue weighted by Crippen LogP contribution is -2.58. The number of amides is 3. The molecule has 4 aliphatic rings. The number of nitrogens with zero attached hydrogens (tertiary/aromatic N) is 2. The summed E-state index contributed by atoms with van der Waals surface area (Å²) in [6.07, 6.45) is 2.77. The van der Waals surface area contributed by atoms with Crippen molar-refractivity contribution in [2.75, 3.05) is 52.4 Å². The number of likely N-dealkylation sites (tertiary alicyclic amines) is 2. The minimum absolute atomic E-state index is 0. The number of carboxylic acid groups (broad SMARTS) is 2. The van der Waals surface area contributed by atoms with Gasteiger partial charge in [-0.3, -0.25) is 29.8 Å². The maximum atomic E-state index is 12.6. The molecule has 0 unspecified atom stereocenters. The molecule has 21 heteroatoms. The van der Waals surface area contributed by atoms with Gasteiger partial charge in [-0.15, -0.1) is 12.4 Å². The van der Waals surface area contributed by atoms with Crippen molar-refractivity contribution in [1.82, 2.24) is 25.8 Å². The summed E-state index contributed by atoms with van der Waals surface area (Å²) in [6.45, 7) is 6.52. The third-order valence-corrected chi connectivity index (χ3v) is 10.3. The van der Waals surface area contributed by atoms with Crippen LogP contribution in [-0.4, -0.2) is 153 Å². The Labute approximate surface area is 298 Å². The van der Waals surface area contributed by atoms with Crippen molar-refractivity contribution in [1.29, 1.82) is 0 Å². The van der Waals surface area contributed by atoms with E-state index < -0.39 is 59.8 Å². The fourth-order valence-corrected chi connectivity index (χ4v) is 8.00. The number of fused-ring (bicyclic) bond motifs is 2. The van der Waals surface area contributed by atoms with Crippen LogP contribution in [0.15, 0.2) is 0 Å². The summed E-state index contributed by atoms with van der Waals surface area (Å²) in [5.41, 5.74) is 1.02. The van der Waals surface area contributed by atoms with Gasteiger partial charge in [0.2, 0.25) is 11.8 Å². The highest BCUT2D eigenvalue weighted by atomic mass is 35.5. The Morgan fingerprint density at radius 2 is 1.20 bits per heavy atom. The van der Waals surface area contributed by atoms with Gasteiger partial charge in [0.1, 0.15) is 23.2 Å². The SMILES string of the molecule is CC(C)(C)OC(=O)NCC(=O)N1C[C@@]2(CCCB(O)O)CCN[C@@]2(C(=O)O)C1.Cl.NCC(=O)N1C[C@@]2(CCCB(O)O)CCN[C@@]2(C(=O)O)C1. The highest BCUT2D eigenvalue weighted by molar-refractivity contribution is 6.41. The van der Waals surface area contributed by atoms with E-state index >= 15 is 0 Å². The van der Waals surface area contributed by atoms with Gasteiger partial charge in [0.05, 0.1) is 19.6 Å². The molecule has 0 radical (unpaired) electrons. The Morgan fingerprint density at radius 1 is 0.780 bits per heavy atom. The monoisotopic (exact) mass is 734 g/mol. The molecular formula is C29H53B2ClN6O12. The molecule has 4 rings (SSSR count). The molecule has 0 aliphatic carbocycles. The van der Waals surface area contributed by atoms with Crippen LogP contribution in [0.1, 0.15) is 59.3 Å². The molecule has 18 nitrogen and oxygen atoms in total. The highest BCUT2D eigenvalue weighted by Crippen LogP contribution is 2.51. The molecule has 11 N–H and O–H groups in total. The largest absolute Gasteiger partial charge is 0.480 e. The molecule has 3 amide bonds. The number of ether oxygens (including phenoxy) is 1. The number of carbonyl (C=O) groups is 5. The zero-order chi connectivity index (χ0) is 36.8. The van der Waals surface area contributed by atoms with Gasteiger partial charge in [0.15, 0.2) is 0 Å². The van der Waals surface area contributed by atoms with Crippen molar-refractivity contribution in [3.05, 3.63) is 0 Å².